The van der Waals surface area contributed by atoms with Gasteiger partial charge in [-0.05, 0) is 37.8 Å². The molecule has 0 spiro atoms. The third-order valence-corrected chi connectivity index (χ3v) is 4.69. The largest absolute Gasteiger partial charge is 0.337 e. The van der Waals surface area contributed by atoms with Crippen LogP contribution >= 0.6 is 0 Å². The Morgan fingerprint density at radius 3 is 2.26 bits per heavy atom. The molecule has 2 N–H and O–H groups in total. The average Bonchev–Trinajstić information content (AvgIpc) is 3.08. The summed E-state index contributed by atoms with van der Waals surface area (Å²) in [6.07, 6.45) is 7.80. The maximum Gasteiger partial charge on any atom is 0.315 e. The molecule has 3 rings (SSSR count). The lowest BCUT2D eigenvalue weighted by Gasteiger charge is -2.32. The van der Waals surface area contributed by atoms with Crippen LogP contribution in [0.15, 0.2) is 24.4 Å². The van der Waals surface area contributed by atoms with Gasteiger partial charge in [0.2, 0.25) is 0 Å². The molecular weight excluding hydrogens is 292 g/mol. The smallest absolute Gasteiger partial charge is 0.315 e. The molecule has 2 aliphatic rings. The van der Waals surface area contributed by atoms with Crippen LogP contribution in [0.4, 0.5) is 4.79 Å². The van der Waals surface area contributed by atoms with Gasteiger partial charge in [-0.1, -0.05) is 18.9 Å². The number of amides is 3. The van der Waals surface area contributed by atoms with Crippen molar-refractivity contribution in [3.8, 4) is 0 Å². The second-order valence-electron chi connectivity index (χ2n) is 6.38. The van der Waals surface area contributed by atoms with Crippen molar-refractivity contribution in [1.82, 2.24) is 20.5 Å². The minimum Gasteiger partial charge on any atom is -0.337 e. The summed E-state index contributed by atoms with van der Waals surface area (Å²) in [7, 11) is 0. The number of carbonyl (C=O) groups excluding carboxylic acids is 2. The lowest BCUT2D eigenvalue weighted by Crippen LogP contribution is -2.50. The van der Waals surface area contributed by atoms with Crippen LogP contribution in [-0.4, -0.2) is 47.0 Å². The van der Waals surface area contributed by atoms with Gasteiger partial charge in [0.15, 0.2) is 0 Å². The molecule has 1 aliphatic carbocycles. The Labute approximate surface area is 136 Å². The maximum absolute atomic E-state index is 12.3. The summed E-state index contributed by atoms with van der Waals surface area (Å²) >= 11 is 0. The van der Waals surface area contributed by atoms with E-state index in [1.807, 2.05) is 11.0 Å². The van der Waals surface area contributed by atoms with Gasteiger partial charge in [0, 0.05) is 31.4 Å². The van der Waals surface area contributed by atoms with E-state index in [0.717, 1.165) is 25.7 Å². The Balaban J connectivity index is 1.43. The highest BCUT2D eigenvalue weighted by atomic mass is 16.2. The fourth-order valence-corrected chi connectivity index (χ4v) is 3.36. The van der Waals surface area contributed by atoms with Crippen molar-refractivity contribution >= 4 is 11.9 Å². The van der Waals surface area contributed by atoms with Crippen molar-refractivity contribution < 1.29 is 9.59 Å². The van der Waals surface area contributed by atoms with Gasteiger partial charge in [-0.25, -0.2) is 4.79 Å². The number of carbonyl (C=O) groups is 2. The minimum absolute atomic E-state index is 0.0283. The number of urea groups is 1. The molecule has 0 aromatic carbocycles. The van der Waals surface area contributed by atoms with Crippen LogP contribution in [0.5, 0.6) is 0 Å². The SMILES string of the molecule is O=C(NC1CCCC1)NC1CCN(C(=O)c2ccccn2)CC1. The second-order valence-corrected chi connectivity index (χ2v) is 6.38. The molecule has 0 bridgehead atoms. The van der Waals surface area contributed by atoms with Gasteiger partial charge in [-0.3, -0.25) is 9.78 Å². The van der Waals surface area contributed by atoms with E-state index in [9.17, 15) is 9.59 Å². The Morgan fingerprint density at radius 1 is 1.00 bits per heavy atom. The predicted octanol–water partition coefficient (Wildman–Crippen LogP) is 1.93. The van der Waals surface area contributed by atoms with Gasteiger partial charge in [0.05, 0.1) is 0 Å². The number of rotatable bonds is 3. The Hall–Kier alpha value is -2.11. The van der Waals surface area contributed by atoms with Gasteiger partial charge in [0.1, 0.15) is 5.69 Å². The third kappa shape index (κ3) is 4.21. The first-order chi connectivity index (χ1) is 11.2. The first kappa shape index (κ1) is 15.8. The summed E-state index contributed by atoms with van der Waals surface area (Å²) in [6, 6.07) is 5.77. The predicted molar refractivity (Wildman–Crippen MR) is 87.1 cm³/mol. The first-order valence-electron chi connectivity index (χ1n) is 8.50. The van der Waals surface area contributed by atoms with Crippen LogP contribution in [0.1, 0.15) is 49.0 Å². The number of nitrogens with one attached hydrogen (secondary N) is 2. The van der Waals surface area contributed by atoms with Crippen molar-refractivity contribution in [3.63, 3.8) is 0 Å². The Kier molecular flexibility index (Phi) is 5.10. The van der Waals surface area contributed by atoms with E-state index in [-0.39, 0.29) is 18.0 Å². The van der Waals surface area contributed by atoms with Gasteiger partial charge in [-0.15, -0.1) is 0 Å². The quantitative estimate of drug-likeness (QED) is 0.895. The van der Waals surface area contributed by atoms with Crippen LogP contribution in [0.2, 0.25) is 0 Å². The molecule has 0 atom stereocenters. The molecule has 1 saturated carbocycles. The fraction of sp³-hybridized carbons (Fsp3) is 0.588. The summed E-state index contributed by atoms with van der Waals surface area (Å²) in [6.45, 7) is 1.31. The van der Waals surface area contributed by atoms with Crippen LogP contribution in [0, 0.1) is 0 Å². The molecule has 124 valence electrons. The van der Waals surface area contributed by atoms with E-state index in [1.165, 1.54) is 12.8 Å². The summed E-state index contributed by atoms with van der Waals surface area (Å²) < 4.78 is 0. The number of pyridine rings is 1. The highest BCUT2D eigenvalue weighted by Gasteiger charge is 2.26. The van der Waals surface area contributed by atoms with Gasteiger partial charge in [-0.2, -0.15) is 0 Å². The fourth-order valence-electron chi connectivity index (χ4n) is 3.36. The average molecular weight is 316 g/mol. The maximum atomic E-state index is 12.3. The summed E-state index contributed by atoms with van der Waals surface area (Å²) in [5.74, 6) is -0.0283. The number of aromatic nitrogens is 1. The highest BCUT2D eigenvalue weighted by molar-refractivity contribution is 5.92. The molecule has 1 aromatic rings. The second kappa shape index (κ2) is 7.44. The summed E-state index contributed by atoms with van der Waals surface area (Å²) in [5, 5.41) is 6.09. The lowest BCUT2D eigenvalue weighted by atomic mass is 10.0. The molecule has 2 heterocycles. The molecule has 6 nitrogen and oxygen atoms in total. The van der Waals surface area contributed by atoms with E-state index >= 15 is 0 Å². The van der Waals surface area contributed by atoms with Crippen molar-refractivity contribution in [2.45, 2.75) is 50.6 Å². The van der Waals surface area contributed by atoms with E-state index in [1.54, 1.807) is 18.3 Å². The Bertz CT molecular complexity index is 535. The standard InChI is InChI=1S/C17H24N4O2/c22-16(15-7-3-4-10-18-15)21-11-8-14(9-12-21)20-17(23)19-13-5-1-2-6-13/h3-4,7,10,13-14H,1-2,5-6,8-9,11-12H2,(H2,19,20,23). The van der Waals surface area contributed by atoms with Crippen LogP contribution in [0.25, 0.3) is 0 Å². The van der Waals surface area contributed by atoms with Crippen molar-refractivity contribution in [2.24, 2.45) is 0 Å². The van der Waals surface area contributed by atoms with Gasteiger partial charge in [0.25, 0.3) is 5.91 Å². The molecule has 0 radical (unpaired) electrons. The highest BCUT2D eigenvalue weighted by Crippen LogP contribution is 2.18. The first-order valence-corrected chi connectivity index (χ1v) is 8.50. The molecule has 1 aliphatic heterocycles. The van der Waals surface area contributed by atoms with Crippen LogP contribution in [0.3, 0.4) is 0 Å². The zero-order valence-electron chi connectivity index (χ0n) is 13.3. The monoisotopic (exact) mass is 316 g/mol. The molecule has 1 saturated heterocycles. The van der Waals surface area contributed by atoms with Crippen molar-refractivity contribution in [2.75, 3.05) is 13.1 Å². The Morgan fingerprint density at radius 2 is 1.65 bits per heavy atom. The van der Waals surface area contributed by atoms with Gasteiger partial charge < -0.3 is 15.5 Å². The molecular formula is C17H24N4O2. The van der Waals surface area contributed by atoms with E-state index in [2.05, 4.69) is 15.6 Å². The minimum atomic E-state index is -0.0635. The van der Waals surface area contributed by atoms with Crippen molar-refractivity contribution in [3.05, 3.63) is 30.1 Å². The lowest BCUT2D eigenvalue weighted by molar-refractivity contribution is 0.0702. The number of likely N-dealkylation sites (tertiary alicyclic amines) is 1. The number of hydrogen-bond acceptors (Lipinski definition) is 3. The third-order valence-electron chi connectivity index (χ3n) is 4.69. The topological polar surface area (TPSA) is 74.3 Å². The molecule has 23 heavy (non-hydrogen) atoms. The molecule has 1 aromatic heterocycles. The zero-order valence-corrected chi connectivity index (χ0v) is 13.3. The molecule has 2 fully saturated rings. The van der Waals surface area contributed by atoms with Crippen LogP contribution < -0.4 is 10.6 Å². The van der Waals surface area contributed by atoms with E-state index in [0.29, 0.717) is 24.8 Å². The molecule has 6 heteroatoms. The molecule has 0 unspecified atom stereocenters. The zero-order chi connectivity index (χ0) is 16.1. The summed E-state index contributed by atoms with van der Waals surface area (Å²) in [4.78, 5) is 30.2. The number of hydrogen-bond donors (Lipinski definition) is 2. The van der Waals surface area contributed by atoms with E-state index < -0.39 is 0 Å². The van der Waals surface area contributed by atoms with Crippen molar-refractivity contribution in [1.29, 1.82) is 0 Å². The number of nitrogens with zero attached hydrogens (tertiary/aromatic N) is 2. The van der Waals surface area contributed by atoms with E-state index in [4.69, 9.17) is 0 Å². The van der Waals surface area contributed by atoms with Crippen LogP contribution in [-0.2, 0) is 0 Å². The van der Waals surface area contributed by atoms with Gasteiger partial charge >= 0.3 is 6.03 Å². The number of piperidine rings is 1. The normalized spacial score (nSPS) is 19.6. The summed E-state index contributed by atoms with van der Waals surface area (Å²) in [5.41, 5.74) is 0.484. The molecule has 3 amide bonds.